The summed E-state index contributed by atoms with van der Waals surface area (Å²) in [6, 6.07) is 4.30. The number of rotatable bonds is 6. The zero-order chi connectivity index (χ0) is 13.8. The summed E-state index contributed by atoms with van der Waals surface area (Å²) in [7, 11) is 0. The first-order chi connectivity index (χ1) is 9.83. The van der Waals surface area contributed by atoms with Gasteiger partial charge < -0.3 is 14.6 Å². The average Bonchev–Trinajstić information content (AvgIpc) is 3.20. The first kappa shape index (κ1) is 13.7. The molecule has 2 fully saturated rings. The van der Waals surface area contributed by atoms with Crippen LogP contribution in [0.25, 0.3) is 0 Å². The third-order valence-electron chi connectivity index (χ3n) is 4.38. The van der Waals surface area contributed by atoms with E-state index in [1.165, 1.54) is 12.8 Å². The Morgan fingerprint density at radius 1 is 1.40 bits per heavy atom. The number of hydrogen-bond donors (Lipinski definition) is 1. The molecule has 1 unspecified atom stereocenters. The fraction of sp³-hybridized carbons (Fsp3) is 0.688. The summed E-state index contributed by atoms with van der Waals surface area (Å²) in [4.78, 5) is 14.5. The molecule has 4 nitrogen and oxygen atoms in total. The maximum Gasteiger partial charge on any atom is 0.223 e. The molecule has 1 aromatic heterocycles. The number of hydrogen-bond acceptors (Lipinski definition) is 3. The molecule has 1 amide bonds. The van der Waals surface area contributed by atoms with Gasteiger partial charge >= 0.3 is 0 Å². The van der Waals surface area contributed by atoms with Crippen molar-refractivity contribution in [2.24, 2.45) is 5.92 Å². The van der Waals surface area contributed by atoms with Crippen LogP contribution in [0.3, 0.4) is 0 Å². The van der Waals surface area contributed by atoms with Crippen LogP contribution in [0, 0.1) is 5.92 Å². The molecule has 1 N–H and O–H groups in total. The Labute approximate surface area is 120 Å². The highest BCUT2D eigenvalue weighted by atomic mass is 16.3. The topological polar surface area (TPSA) is 45.5 Å². The van der Waals surface area contributed by atoms with Crippen molar-refractivity contribution in [3.05, 3.63) is 24.2 Å². The van der Waals surface area contributed by atoms with Crippen LogP contribution in [0.1, 0.15) is 44.3 Å². The quantitative estimate of drug-likeness (QED) is 0.868. The normalized spacial score (nSPS) is 22.7. The van der Waals surface area contributed by atoms with Gasteiger partial charge in [0.15, 0.2) is 0 Å². The molecule has 2 aliphatic rings. The Balaban J connectivity index is 1.50. The monoisotopic (exact) mass is 276 g/mol. The van der Waals surface area contributed by atoms with Gasteiger partial charge in [0, 0.05) is 12.5 Å². The van der Waals surface area contributed by atoms with Gasteiger partial charge in [0.2, 0.25) is 5.91 Å². The molecule has 3 rings (SSSR count). The van der Waals surface area contributed by atoms with E-state index in [2.05, 4.69) is 5.32 Å². The van der Waals surface area contributed by atoms with E-state index in [1.54, 1.807) is 6.26 Å². The molecular formula is C16H24N2O2. The highest BCUT2D eigenvalue weighted by molar-refractivity contribution is 5.76. The molecule has 0 bridgehead atoms. The van der Waals surface area contributed by atoms with Crippen molar-refractivity contribution in [3.8, 4) is 0 Å². The highest BCUT2D eigenvalue weighted by Crippen LogP contribution is 2.29. The third-order valence-corrected chi connectivity index (χ3v) is 4.38. The Bertz CT molecular complexity index is 420. The minimum absolute atomic E-state index is 0.300. The van der Waals surface area contributed by atoms with Gasteiger partial charge in [0.25, 0.3) is 0 Å². The zero-order valence-corrected chi connectivity index (χ0v) is 12.0. The van der Waals surface area contributed by atoms with E-state index in [0.717, 1.165) is 38.1 Å². The minimum atomic E-state index is 0.300. The molecule has 4 heteroatoms. The number of piperidine rings is 1. The van der Waals surface area contributed by atoms with E-state index in [0.29, 0.717) is 30.8 Å². The van der Waals surface area contributed by atoms with Crippen LogP contribution in [0.15, 0.2) is 22.8 Å². The lowest BCUT2D eigenvalue weighted by molar-refractivity contribution is -0.133. The smallest absolute Gasteiger partial charge is 0.223 e. The Hall–Kier alpha value is -1.29. The van der Waals surface area contributed by atoms with E-state index < -0.39 is 0 Å². The van der Waals surface area contributed by atoms with Gasteiger partial charge in [-0.15, -0.1) is 0 Å². The lowest BCUT2D eigenvalue weighted by Gasteiger charge is -2.25. The number of amides is 1. The van der Waals surface area contributed by atoms with Gasteiger partial charge in [-0.25, -0.2) is 0 Å². The van der Waals surface area contributed by atoms with Crippen LogP contribution >= 0.6 is 0 Å². The highest BCUT2D eigenvalue weighted by Gasteiger charge is 2.33. The summed E-state index contributed by atoms with van der Waals surface area (Å²) in [6.45, 7) is 2.85. The van der Waals surface area contributed by atoms with Crippen molar-refractivity contribution in [2.75, 3.05) is 13.1 Å². The summed E-state index contributed by atoms with van der Waals surface area (Å²) < 4.78 is 5.38. The molecule has 1 aliphatic heterocycles. The second-order valence-corrected chi connectivity index (χ2v) is 6.08. The molecule has 2 heterocycles. The van der Waals surface area contributed by atoms with Crippen LogP contribution in [0.2, 0.25) is 0 Å². The Morgan fingerprint density at radius 3 is 2.95 bits per heavy atom. The van der Waals surface area contributed by atoms with Crippen molar-refractivity contribution < 1.29 is 9.21 Å². The molecule has 1 aliphatic carbocycles. The fourth-order valence-corrected chi connectivity index (χ4v) is 3.02. The Kier molecular flexibility index (Phi) is 4.41. The summed E-state index contributed by atoms with van der Waals surface area (Å²) in [5.41, 5.74) is 0. The molecular weight excluding hydrogens is 252 g/mol. The van der Waals surface area contributed by atoms with E-state index in [-0.39, 0.29) is 0 Å². The fourth-order valence-electron chi connectivity index (χ4n) is 3.02. The molecule has 110 valence electrons. The van der Waals surface area contributed by atoms with Crippen LogP contribution in [0.4, 0.5) is 0 Å². The molecule has 0 spiro atoms. The van der Waals surface area contributed by atoms with Crippen molar-refractivity contribution >= 4 is 5.91 Å². The van der Waals surface area contributed by atoms with E-state index in [4.69, 9.17) is 4.42 Å². The summed E-state index contributed by atoms with van der Waals surface area (Å²) in [5, 5.41) is 3.42. The average molecular weight is 276 g/mol. The summed E-state index contributed by atoms with van der Waals surface area (Å²) >= 11 is 0. The predicted octanol–water partition coefficient (Wildman–Crippen LogP) is 2.55. The largest absolute Gasteiger partial charge is 0.467 e. The minimum Gasteiger partial charge on any atom is -0.467 e. The maximum absolute atomic E-state index is 12.5. The second kappa shape index (κ2) is 6.44. The van der Waals surface area contributed by atoms with Gasteiger partial charge in [0.1, 0.15) is 5.76 Å². The first-order valence-corrected chi connectivity index (χ1v) is 7.85. The number of furan rings is 1. The number of carbonyl (C=O) groups is 1. The lowest BCUT2D eigenvalue weighted by atomic mass is 9.94. The first-order valence-electron chi connectivity index (χ1n) is 7.85. The molecule has 1 aromatic rings. The van der Waals surface area contributed by atoms with Crippen LogP contribution in [0.5, 0.6) is 0 Å². The molecule has 1 saturated heterocycles. The number of nitrogens with zero attached hydrogens (tertiary/aromatic N) is 1. The van der Waals surface area contributed by atoms with E-state index in [1.807, 2.05) is 17.0 Å². The van der Waals surface area contributed by atoms with Gasteiger partial charge in [0.05, 0.1) is 12.8 Å². The van der Waals surface area contributed by atoms with Crippen LogP contribution in [-0.2, 0) is 11.3 Å². The lowest BCUT2D eigenvalue weighted by Crippen LogP contribution is -2.34. The van der Waals surface area contributed by atoms with Crippen LogP contribution < -0.4 is 5.32 Å². The third kappa shape index (κ3) is 3.63. The number of nitrogens with one attached hydrogen (secondary N) is 1. The molecule has 1 atom stereocenters. The molecule has 1 saturated carbocycles. The van der Waals surface area contributed by atoms with Gasteiger partial charge in [-0.05, 0) is 63.2 Å². The van der Waals surface area contributed by atoms with Gasteiger partial charge in [-0.3, -0.25) is 4.79 Å². The van der Waals surface area contributed by atoms with Crippen molar-refractivity contribution in [2.45, 2.75) is 51.1 Å². The maximum atomic E-state index is 12.5. The summed E-state index contributed by atoms with van der Waals surface area (Å²) in [6.07, 6.45) is 8.20. The van der Waals surface area contributed by atoms with Crippen molar-refractivity contribution in [3.63, 3.8) is 0 Å². The van der Waals surface area contributed by atoms with Crippen molar-refractivity contribution in [1.29, 1.82) is 0 Å². The van der Waals surface area contributed by atoms with Gasteiger partial charge in [-0.1, -0.05) is 0 Å². The molecule has 0 aromatic carbocycles. The predicted molar refractivity (Wildman–Crippen MR) is 77.1 cm³/mol. The van der Waals surface area contributed by atoms with Gasteiger partial charge in [-0.2, -0.15) is 0 Å². The second-order valence-electron chi connectivity index (χ2n) is 6.08. The number of carbonyl (C=O) groups excluding carboxylic acids is 1. The molecule has 20 heavy (non-hydrogen) atoms. The summed E-state index contributed by atoms with van der Waals surface area (Å²) in [5.74, 6) is 1.87. The zero-order valence-electron chi connectivity index (χ0n) is 12.0. The van der Waals surface area contributed by atoms with Crippen LogP contribution in [-0.4, -0.2) is 29.9 Å². The molecule has 0 radical (unpaired) electrons. The van der Waals surface area contributed by atoms with Crippen molar-refractivity contribution in [1.82, 2.24) is 10.2 Å². The Morgan fingerprint density at radius 2 is 2.30 bits per heavy atom. The SMILES string of the molecule is O=C(CCC1CCCNC1)N(Cc1ccco1)C1CC1. The standard InChI is InChI=1S/C16H24N2O2/c19-16(8-5-13-3-1-9-17-11-13)18(14-6-7-14)12-15-4-2-10-20-15/h2,4,10,13-14,17H,1,3,5-9,11-12H2. The van der Waals surface area contributed by atoms with E-state index >= 15 is 0 Å². The van der Waals surface area contributed by atoms with E-state index in [9.17, 15) is 4.79 Å².